The van der Waals surface area contributed by atoms with E-state index >= 15 is 0 Å². The van der Waals surface area contributed by atoms with Gasteiger partial charge in [0.1, 0.15) is 30.0 Å². The van der Waals surface area contributed by atoms with Crippen molar-refractivity contribution >= 4 is 5.78 Å². The number of methoxy groups -OCH3 is 2. The summed E-state index contributed by atoms with van der Waals surface area (Å²) in [6, 6.07) is 12.2. The predicted molar refractivity (Wildman–Crippen MR) is 86.2 cm³/mol. The number of carbonyl (C=O) groups is 1. The van der Waals surface area contributed by atoms with Gasteiger partial charge in [-0.2, -0.15) is 0 Å². The number of hydrogen-bond donors (Lipinski definition) is 1. The summed E-state index contributed by atoms with van der Waals surface area (Å²) in [7, 11) is 3.12. The molecule has 0 spiro atoms. The smallest absolute Gasteiger partial charge is 0.167 e. The first-order valence-corrected chi connectivity index (χ1v) is 7.17. The molecule has 0 heterocycles. The Balaban J connectivity index is 2.19. The molecule has 0 fully saturated rings. The van der Waals surface area contributed by atoms with E-state index in [9.17, 15) is 9.90 Å². The molecule has 2 aromatic carbocycles. The molecule has 0 aliphatic heterocycles. The van der Waals surface area contributed by atoms with Crippen molar-refractivity contribution in [3.63, 3.8) is 0 Å². The van der Waals surface area contributed by atoms with Gasteiger partial charge in [-0.1, -0.05) is 12.1 Å². The van der Waals surface area contributed by atoms with Crippen LogP contribution in [-0.2, 0) is 4.79 Å². The highest BCUT2D eigenvalue weighted by atomic mass is 16.5. The van der Waals surface area contributed by atoms with Crippen molar-refractivity contribution in [2.45, 2.75) is 13.0 Å². The molecule has 0 aliphatic rings. The molecule has 2 rings (SSSR count). The van der Waals surface area contributed by atoms with Crippen LogP contribution in [0.3, 0.4) is 0 Å². The van der Waals surface area contributed by atoms with Gasteiger partial charge in [-0.3, -0.25) is 4.79 Å². The molecule has 5 nitrogen and oxygen atoms in total. The van der Waals surface area contributed by atoms with E-state index in [1.165, 1.54) is 6.92 Å². The highest BCUT2D eigenvalue weighted by Gasteiger charge is 2.16. The Bertz CT molecular complexity index is 664. The average Bonchev–Trinajstić information content (AvgIpc) is 2.59. The minimum Gasteiger partial charge on any atom is -0.497 e. The number of carbonyl (C=O) groups excluding carboxylic acids is 1. The van der Waals surface area contributed by atoms with Crippen molar-refractivity contribution in [3.8, 4) is 17.2 Å². The van der Waals surface area contributed by atoms with E-state index in [1.807, 2.05) is 0 Å². The highest BCUT2D eigenvalue weighted by molar-refractivity contribution is 5.77. The molecular weight excluding hydrogens is 296 g/mol. The van der Waals surface area contributed by atoms with E-state index in [2.05, 4.69) is 0 Å². The van der Waals surface area contributed by atoms with Crippen LogP contribution in [0.5, 0.6) is 17.2 Å². The summed E-state index contributed by atoms with van der Waals surface area (Å²) in [5.74, 6) is 1.74. The van der Waals surface area contributed by atoms with E-state index in [0.29, 0.717) is 28.4 Å². The lowest BCUT2D eigenvalue weighted by Crippen LogP contribution is -2.07. The van der Waals surface area contributed by atoms with Crippen LogP contribution in [0.4, 0.5) is 0 Å². The second-order valence-electron chi connectivity index (χ2n) is 5.07. The number of Topliss-reactive ketones (excluding diaryl/α,β-unsaturated/α-hetero) is 1. The lowest BCUT2D eigenvalue weighted by Gasteiger charge is -2.16. The van der Waals surface area contributed by atoms with Gasteiger partial charge < -0.3 is 19.3 Å². The van der Waals surface area contributed by atoms with Crippen molar-refractivity contribution in [2.24, 2.45) is 0 Å². The zero-order valence-corrected chi connectivity index (χ0v) is 13.4. The number of ketones is 1. The lowest BCUT2D eigenvalue weighted by molar-refractivity contribution is -0.118. The molecular formula is C18H20O5. The lowest BCUT2D eigenvalue weighted by atomic mass is 10.0. The number of aliphatic hydroxyl groups excluding tert-OH is 1. The molecule has 0 aliphatic carbocycles. The van der Waals surface area contributed by atoms with Crippen molar-refractivity contribution in [2.75, 3.05) is 20.8 Å². The minimum atomic E-state index is -0.835. The fraction of sp³-hybridized carbons (Fsp3) is 0.278. The van der Waals surface area contributed by atoms with Crippen LogP contribution in [-0.4, -0.2) is 31.7 Å². The van der Waals surface area contributed by atoms with Gasteiger partial charge in [0, 0.05) is 11.6 Å². The molecule has 0 amide bonds. The first-order valence-electron chi connectivity index (χ1n) is 7.17. The normalized spacial score (nSPS) is 11.7. The maximum atomic E-state index is 10.9. The Hall–Kier alpha value is -2.53. The zero-order chi connectivity index (χ0) is 16.8. The summed E-state index contributed by atoms with van der Waals surface area (Å²) in [5.41, 5.74) is 1.34. The zero-order valence-electron chi connectivity index (χ0n) is 13.4. The van der Waals surface area contributed by atoms with Crippen LogP contribution in [0.25, 0.3) is 0 Å². The van der Waals surface area contributed by atoms with Crippen LogP contribution in [0.15, 0.2) is 42.5 Å². The van der Waals surface area contributed by atoms with Crippen LogP contribution in [0, 0.1) is 0 Å². The van der Waals surface area contributed by atoms with E-state index in [-0.39, 0.29) is 12.4 Å². The van der Waals surface area contributed by atoms with Gasteiger partial charge in [-0.25, -0.2) is 0 Å². The van der Waals surface area contributed by atoms with E-state index in [0.717, 1.165) is 0 Å². The van der Waals surface area contributed by atoms with Crippen molar-refractivity contribution in [3.05, 3.63) is 53.6 Å². The van der Waals surface area contributed by atoms with Gasteiger partial charge in [0.25, 0.3) is 0 Å². The molecule has 5 heteroatoms. The fourth-order valence-electron chi connectivity index (χ4n) is 2.16. The van der Waals surface area contributed by atoms with Crippen LogP contribution >= 0.6 is 0 Å². The topological polar surface area (TPSA) is 65.0 Å². The largest absolute Gasteiger partial charge is 0.497 e. The number of rotatable bonds is 7. The number of ether oxygens (including phenoxy) is 3. The first kappa shape index (κ1) is 16.8. The summed E-state index contributed by atoms with van der Waals surface area (Å²) in [6.07, 6.45) is -0.835. The second-order valence-corrected chi connectivity index (χ2v) is 5.07. The SMILES string of the molecule is COc1ccc(C(O)c2ccc(OCC(C)=O)cc2)c(OC)c1. The Morgan fingerprint density at radius 3 is 2.26 bits per heavy atom. The van der Waals surface area contributed by atoms with Gasteiger partial charge in [0.05, 0.1) is 14.2 Å². The molecule has 0 saturated heterocycles. The summed E-state index contributed by atoms with van der Waals surface area (Å²) >= 11 is 0. The van der Waals surface area contributed by atoms with Gasteiger partial charge in [-0.05, 0) is 36.8 Å². The molecule has 1 N–H and O–H groups in total. The monoisotopic (exact) mass is 316 g/mol. The quantitative estimate of drug-likeness (QED) is 0.851. The third kappa shape index (κ3) is 4.23. The fourth-order valence-corrected chi connectivity index (χ4v) is 2.16. The standard InChI is InChI=1S/C18H20O5/c1-12(19)11-23-14-6-4-13(5-7-14)18(20)16-9-8-15(21-2)10-17(16)22-3/h4-10,18,20H,11H2,1-3H3. The molecule has 0 saturated carbocycles. The first-order chi connectivity index (χ1) is 11.0. The maximum absolute atomic E-state index is 10.9. The Morgan fingerprint density at radius 1 is 1.04 bits per heavy atom. The van der Waals surface area contributed by atoms with E-state index in [4.69, 9.17) is 14.2 Å². The van der Waals surface area contributed by atoms with Crippen LogP contribution in [0.1, 0.15) is 24.2 Å². The van der Waals surface area contributed by atoms with Gasteiger partial charge in [0.2, 0.25) is 0 Å². The van der Waals surface area contributed by atoms with Gasteiger partial charge in [0.15, 0.2) is 5.78 Å². The minimum absolute atomic E-state index is 0.0359. The Labute approximate surface area is 135 Å². The van der Waals surface area contributed by atoms with Gasteiger partial charge in [-0.15, -0.1) is 0 Å². The third-order valence-electron chi connectivity index (χ3n) is 3.37. The Kier molecular flexibility index (Phi) is 5.60. The number of hydrogen-bond acceptors (Lipinski definition) is 5. The summed E-state index contributed by atoms with van der Waals surface area (Å²) in [6.45, 7) is 1.50. The molecule has 122 valence electrons. The summed E-state index contributed by atoms with van der Waals surface area (Å²) in [4.78, 5) is 10.9. The number of aliphatic hydroxyl groups is 1. The Morgan fingerprint density at radius 2 is 1.70 bits per heavy atom. The molecule has 0 radical (unpaired) electrons. The maximum Gasteiger partial charge on any atom is 0.167 e. The van der Waals surface area contributed by atoms with Crippen LogP contribution in [0.2, 0.25) is 0 Å². The number of benzene rings is 2. The van der Waals surface area contributed by atoms with Crippen molar-refractivity contribution in [1.29, 1.82) is 0 Å². The van der Waals surface area contributed by atoms with E-state index < -0.39 is 6.10 Å². The second kappa shape index (κ2) is 7.65. The van der Waals surface area contributed by atoms with Crippen molar-refractivity contribution < 1.29 is 24.1 Å². The van der Waals surface area contributed by atoms with Gasteiger partial charge >= 0.3 is 0 Å². The molecule has 0 aromatic heterocycles. The molecule has 2 aromatic rings. The van der Waals surface area contributed by atoms with Crippen LogP contribution < -0.4 is 14.2 Å². The summed E-state index contributed by atoms with van der Waals surface area (Å²) in [5, 5.41) is 10.6. The molecule has 1 unspecified atom stereocenters. The average molecular weight is 316 g/mol. The molecule has 23 heavy (non-hydrogen) atoms. The molecule has 1 atom stereocenters. The predicted octanol–water partition coefficient (Wildman–Crippen LogP) is 2.75. The summed E-state index contributed by atoms with van der Waals surface area (Å²) < 4.78 is 15.8. The molecule has 0 bridgehead atoms. The van der Waals surface area contributed by atoms with E-state index in [1.54, 1.807) is 56.7 Å². The van der Waals surface area contributed by atoms with Crippen molar-refractivity contribution in [1.82, 2.24) is 0 Å². The third-order valence-corrected chi connectivity index (χ3v) is 3.37. The highest BCUT2D eigenvalue weighted by Crippen LogP contribution is 2.33.